The van der Waals surface area contributed by atoms with Crippen LogP contribution in [0, 0.1) is 6.92 Å². The highest BCUT2D eigenvalue weighted by Crippen LogP contribution is 2.30. The molecule has 7 heteroatoms. The summed E-state index contributed by atoms with van der Waals surface area (Å²) in [6, 6.07) is 10.6. The minimum Gasteiger partial charge on any atom is -0.496 e. The number of hydrogen-bond donors (Lipinski definition) is 0. The largest absolute Gasteiger partial charge is 0.496 e. The highest BCUT2D eigenvalue weighted by Gasteiger charge is 2.30. The zero-order valence-corrected chi connectivity index (χ0v) is 17.4. The summed E-state index contributed by atoms with van der Waals surface area (Å²) < 4.78 is 49.6. The smallest absolute Gasteiger partial charge is 0.416 e. The molecule has 0 N–H and O–H groups in total. The molecule has 2 aromatic rings. The molecule has 4 nitrogen and oxygen atoms in total. The maximum absolute atomic E-state index is 13.0. The SMILES string of the molecule is COc1ccc(C(C=Cc2cccc(C(F)(F)F)c2)=CC(=O)N2CCOCC2)cc1C. The number of amides is 1. The Labute approximate surface area is 179 Å². The number of halogens is 3. The van der Waals surface area contributed by atoms with Gasteiger partial charge in [0.25, 0.3) is 0 Å². The second kappa shape index (κ2) is 9.83. The Morgan fingerprint density at radius 3 is 2.52 bits per heavy atom. The van der Waals surface area contributed by atoms with Gasteiger partial charge in [-0.1, -0.05) is 30.4 Å². The highest BCUT2D eigenvalue weighted by atomic mass is 19.4. The lowest BCUT2D eigenvalue weighted by Crippen LogP contribution is -2.39. The van der Waals surface area contributed by atoms with Gasteiger partial charge in [-0.05, 0) is 53.5 Å². The molecule has 0 saturated carbocycles. The summed E-state index contributed by atoms with van der Waals surface area (Å²) in [6.45, 7) is 3.86. The van der Waals surface area contributed by atoms with E-state index in [4.69, 9.17) is 9.47 Å². The first-order valence-corrected chi connectivity index (χ1v) is 9.86. The van der Waals surface area contributed by atoms with Gasteiger partial charge in [0.1, 0.15) is 5.75 Å². The lowest BCUT2D eigenvalue weighted by Gasteiger charge is -2.26. The molecule has 0 radical (unpaired) electrons. The molecule has 2 aromatic carbocycles. The van der Waals surface area contributed by atoms with E-state index in [1.165, 1.54) is 12.1 Å². The molecule has 1 heterocycles. The van der Waals surface area contributed by atoms with Gasteiger partial charge in [-0.2, -0.15) is 13.2 Å². The molecule has 0 bridgehead atoms. The molecule has 0 atom stereocenters. The van der Waals surface area contributed by atoms with E-state index < -0.39 is 11.7 Å². The Kier molecular flexibility index (Phi) is 7.17. The van der Waals surface area contributed by atoms with Crippen LogP contribution in [0.5, 0.6) is 5.75 Å². The van der Waals surface area contributed by atoms with Crippen LogP contribution in [-0.2, 0) is 15.7 Å². The fourth-order valence-electron chi connectivity index (χ4n) is 3.30. The standard InChI is InChI=1S/C24H24F3NO3/c1-17-14-19(8-9-22(17)30-2)20(16-23(29)28-10-12-31-13-11-28)7-6-18-4-3-5-21(15-18)24(25,26)27/h3-9,14-16H,10-13H2,1-2H3. The van der Waals surface area contributed by atoms with Gasteiger partial charge in [0.2, 0.25) is 5.91 Å². The normalized spacial score (nSPS) is 15.4. The summed E-state index contributed by atoms with van der Waals surface area (Å²) in [4.78, 5) is 14.5. The molecule has 0 unspecified atom stereocenters. The fraction of sp³-hybridized carbons (Fsp3) is 0.292. The first-order valence-electron chi connectivity index (χ1n) is 9.86. The van der Waals surface area contributed by atoms with Gasteiger partial charge in [0.15, 0.2) is 0 Å². The maximum atomic E-state index is 13.0. The van der Waals surface area contributed by atoms with Crippen LogP contribution in [0.4, 0.5) is 13.2 Å². The lowest BCUT2D eigenvalue weighted by atomic mass is 10.0. The summed E-state index contributed by atoms with van der Waals surface area (Å²) in [6.07, 6.45) is 0.334. The Hall–Kier alpha value is -3.06. The molecule has 0 aliphatic carbocycles. The van der Waals surface area contributed by atoms with Gasteiger partial charge >= 0.3 is 6.18 Å². The molecule has 1 aliphatic heterocycles. The first-order chi connectivity index (χ1) is 14.8. The molecule has 1 aliphatic rings. The lowest BCUT2D eigenvalue weighted by molar-refractivity contribution is -0.137. The van der Waals surface area contributed by atoms with Crippen LogP contribution in [-0.4, -0.2) is 44.2 Å². The van der Waals surface area contributed by atoms with E-state index >= 15 is 0 Å². The van der Waals surface area contributed by atoms with Gasteiger partial charge in [-0.15, -0.1) is 0 Å². The summed E-state index contributed by atoms with van der Waals surface area (Å²) >= 11 is 0. The molecule has 0 aromatic heterocycles. The third kappa shape index (κ3) is 5.98. The number of alkyl halides is 3. The van der Waals surface area contributed by atoms with Crippen molar-refractivity contribution in [3.63, 3.8) is 0 Å². The van der Waals surface area contributed by atoms with Crippen molar-refractivity contribution in [2.24, 2.45) is 0 Å². The average Bonchev–Trinajstić information content (AvgIpc) is 2.76. The average molecular weight is 431 g/mol. The molecule has 0 spiro atoms. The van der Waals surface area contributed by atoms with E-state index in [0.29, 0.717) is 43.2 Å². The molecule has 1 amide bonds. The quantitative estimate of drug-likeness (QED) is 0.495. The van der Waals surface area contributed by atoms with E-state index in [0.717, 1.165) is 23.3 Å². The van der Waals surface area contributed by atoms with Crippen LogP contribution in [0.15, 0.2) is 54.6 Å². The number of benzene rings is 2. The molecule has 31 heavy (non-hydrogen) atoms. The van der Waals surface area contributed by atoms with Gasteiger partial charge in [-0.25, -0.2) is 0 Å². The summed E-state index contributed by atoms with van der Waals surface area (Å²) in [5, 5.41) is 0. The molecular formula is C24H24F3NO3. The minimum atomic E-state index is -4.41. The van der Waals surface area contributed by atoms with Crippen molar-refractivity contribution in [1.82, 2.24) is 4.90 Å². The number of carbonyl (C=O) groups excluding carboxylic acids is 1. The third-order valence-corrected chi connectivity index (χ3v) is 5.00. The highest BCUT2D eigenvalue weighted by molar-refractivity contribution is 5.98. The minimum absolute atomic E-state index is 0.166. The zero-order chi connectivity index (χ0) is 22.4. The Bertz CT molecular complexity index is 990. The predicted molar refractivity (Wildman–Crippen MR) is 114 cm³/mol. The number of aryl methyl sites for hydroxylation is 1. The zero-order valence-electron chi connectivity index (χ0n) is 17.4. The van der Waals surface area contributed by atoms with Gasteiger partial charge < -0.3 is 14.4 Å². The number of rotatable bonds is 5. The maximum Gasteiger partial charge on any atom is 0.416 e. The van der Waals surface area contributed by atoms with Crippen LogP contribution < -0.4 is 4.74 Å². The van der Waals surface area contributed by atoms with E-state index in [1.807, 2.05) is 19.1 Å². The van der Waals surface area contributed by atoms with Crippen molar-refractivity contribution in [2.75, 3.05) is 33.4 Å². The number of nitrogens with zero attached hydrogens (tertiary/aromatic N) is 1. The van der Waals surface area contributed by atoms with Crippen LogP contribution in [0.1, 0.15) is 22.3 Å². The van der Waals surface area contributed by atoms with Gasteiger partial charge in [-0.3, -0.25) is 4.79 Å². The van der Waals surface area contributed by atoms with Crippen molar-refractivity contribution >= 4 is 17.6 Å². The van der Waals surface area contributed by atoms with E-state index in [1.54, 1.807) is 36.3 Å². The van der Waals surface area contributed by atoms with E-state index in [2.05, 4.69) is 0 Å². The number of carbonyl (C=O) groups is 1. The second-order valence-electron chi connectivity index (χ2n) is 7.18. The second-order valence-corrected chi connectivity index (χ2v) is 7.18. The van der Waals surface area contributed by atoms with Gasteiger partial charge in [0.05, 0.1) is 25.9 Å². The van der Waals surface area contributed by atoms with Crippen molar-refractivity contribution in [3.05, 3.63) is 76.9 Å². The van der Waals surface area contributed by atoms with Crippen molar-refractivity contribution in [2.45, 2.75) is 13.1 Å². The number of methoxy groups -OCH3 is 1. The van der Waals surface area contributed by atoms with Crippen LogP contribution in [0.3, 0.4) is 0 Å². The summed E-state index contributed by atoms with van der Waals surface area (Å²) in [5.41, 5.74) is 1.93. The molecule has 3 rings (SSSR count). The van der Waals surface area contributed by atoms with E-state index in [9.17, 15) is 18.0 Å². The number of hydrogen-bond acceptors (Lipinski definition) is 3. The topological polar surface area (TPSA) is 38.8 Å². The Morgan fingerprint density at radius 1 is 1.13 bits per heavy atom. The molecule has 1 saturated heterocycles. The van der Waals surface area contributed by atoms with Gasteiger partial charge in [0, 0.05) is 19.2 Å². The summed E-state index contributed by atoms with van der Waals surface area (Å²) in [5.74, 6) is 0.546. The molecular weight excluding hydrogens is 407 g/mol. The number of allylic oxidation sites excluding steroid dienone is 2. The number of morpholine rings is 1. The van der Waals surface area contributed by atoms with Crippen LogP contribution in [0.2, 0.25) is 0 Å². The monoisotopic (exact) mass is 431 g/mol. The predicted octanol–water partition coefficient (Wildman–Crippen LogP) is 4.98. The van der Waals surface area contributed by atoms with Crippen LogP contribution in [0.25, 0.3) is 11.6 Å². The third-order valence-electron chi connectivity index (χ3n) is 5.00. The van der Waals surface area contributed by atoms with E-state index in [-0.39, 0.29) is 5.91 Å². The van der Waals surface area contributed by atoms with Crippen molar-refractivity contribution in [3.8, 4) is 5.75 Å². The van der Waals surface area contributed by atoms with Crippen molar-refractivity contribution in [1.29, 1.82) is 0 Å². The van der Waals surface area contributed by atoms with Crippen molar-refractivity contribution < 1.29 is 27.4 Å². The fourth-order valence-corrected chi connectivity index (χ4v) is 3.30. The Balaban J connectivity index is 1.95. The Morgan fingerprint density at radius 2 is 1.87 bits per heavy atom. The molecule has 164 valence electrons. The summed E-state index contributed by atoms with van der Waals surface area (Å²) in [7, 11) is 1.58. The molecule has 1 fully saturated rings. The first kappa shape index (κ1) is 22.6. The number of ether oxygens (including phenoxy) is 2. The van der Waals surface area contributed by atoms with Crippen LogP contribution >= 0.6 is 0 Å².